The lowest BCUT2D eigenvalue weighted by atomic mass is 10.1. The van der Waals surface area contributed by atoms with Gasteiger partial charge in [-0.2, -0.15) is 0 Å². The van der Waals surface area contributed by atoms with Gasteiger partial charge in [0.25, 0.3) is 0 Å². The van der Waals surface area contributed by atoms with Crippen LogP contribution in [0.15, 0.2) is 24.3 Å². The Morgan fingerprint density at radius 3 is 2.83 bits per heavy atom. The number of hydrogen-bond acceptors (Lipinski definition) is 5. The molecule has 1 aromatic heterocycles. The minimum Gasteiger partial charge on any atom is -0.497 e. The lowest BCUT2D eigenvalue weighted by Crippen LogP contribution is -2.38. The van der Waals surface area contributed by atoms with Gasteiger partial charge in [-0.25, -0.2) is 14.4 Å². The summed E-state index contributed by atoms with van der Waals surface area (Å²) in [4.78, 5) is 11.0. The van der Waals surface area contributed by atoms with E-state index < -0.39 is 0 Å². The van der Waals surface area contributed by atoms with E-state index in [9.17, 15) is 4.39 Å². The molecule has 3 rings (SSSR count). The number of methoxy groups -OCH3 is 1. The van der Waals surface area contributed by atoms with Crippen molar-refractivity contribution in [3.63, 3.8) is 0 Å². The van der Waals surface area contributed by atoms with Crippen LogP contribution in [0, 0.1) is 19.7 Å². The molecule has 0 radical (unpaired) electrons. The number of halogens is 1. The Morgan fingerprint density at radius 2 is 2.12 bits per heavy atom. The Bertz CT molecular complexity index is 703. The molecule has 1 fully saturated rings. The van der Waals surface area contributed by atoms with Crippen molar-refractivity contribution in [1.82, 2.24) is 14.9 Å². The summed E-state index contributed by atoms with van der Waals surface area (Å²) in [6.45, 7) is 6.42. The standard InChI is InChI=1S/C18H22FN3O2/c1-12-8-17(21-13(2)20-12)18-11-22(6-7-24-18)10-14-4-5-15(23-3)9-16(14)19/h4-5,8-9,18H,6-7,10-11H2,1-3H3. The van der Waals surface area contributed by atoms with Gasteiger partial charge in [0.05, 0.1) is 19.4 Å². The highest BCUT2D eigenvalue weighted by Gasteiger charge is 2.24. The van der Waals surface area contributed by atoms with Crippen LogP contribution in [-0.2, 0) is 11.3 Å². The van der Waals surface area contributed by atoms with Gasteiger partial charge in [-0.05, 0) is 26.0 Å². The molecule has 1 aliphatic rings. The molecule has 0 amide bonds. The molecule has 0 N–H and O–H groups in total. The summed E-state index contributed by atoms with van der Waals surface area (Å²) in [5.74, 6) is 1.03. The monoisotopic (exact) mass is 331 g/mol. The molecule has 0 aliphatic carbocycles. The van der Waals surface area contributed by atoms with Crippen LogP contribution in [0.3, 0.4) is 0 Å². The topological polar surface area (TPSA) is 47.5 Å². The van der Waals surface area contributed by atoms with Crippen LogP contribution < -0.4 is 4.74 Å². The van der Waals surface area contributed by atoms with Gasteiger partial charge < -0.3 is 9.47 Å². The maximum absolute atomic E-state index is 14.2. The summed E-state index contributed by atoms with van der Waals surface area (Å²) in [6.07, 6.45) is -0.111. The number of nitrogens with zero attached hydrogens (tertiary/aromatic N) is 3. The van der Waals surface area contributed by atoms with Gasteiger partial charge in [-0.3, -0.25) is 4.90 Å². The van der Waals surface area contributed by atoms with Crippen LogP contribution in [0.2, 0.25) is 0 Å². The number of aryl methyl sites for hydroxylation is 2. The number of rotatable bonds is 4. The lowest BCUT2D eigenvalue weighted by molar-refractivity contribution is -0.0354. The molecule has 6 heteroatoms. The number of morpholine rings is 1. The first-order chi connectivity index (χ1) is 11.5. The second-order valence-corrected chi connectivity index (χ2v) is 6.03. The third-order valence-electron chi connectivity index (χ3n) is 4.12. The number of benzene rings is 1. The Hall–Kier alpha value is -2.05. The second kappa shape index (κ2) is 7.23. The molecule has 1 saturated heterocycles. The van der Waals surface area contributed by atoms with Crippen LogP contribution in [0.1, 0.15) is 28.9 Å². The fourth-order valence-corrected chi connectivity index (χ4v) is 2.96. The van der Waals surface area contributed by atoms with Crippen molar-refractivity contribution in [2.24, 2.45) is 0 Å². The van der Waals surface area contributed by atoms with E-state index in [2.05, 4.69) is 14.9 Å². The molecule has 2 heterocycles. The second-order valence-electron chi connectivity index (χ2n) is 6.03. The summed E-state index contributed by atoms with van der Waals surface area (Å²) >= 11 is 0. The third-order valence-corrected chi connectivity index (χ3v) is 4.12. The average molecular weight is 331 g/mol. The van der Waals surface area contributed by atoms with Crippen molar-refractivity contribution in [2.45, 2.75) is 26.5 Å². The van der Waals surface area contributed by atoms with E-state index in [0.29, 0.717) is 31.0 Å². The van der Waals surface area contributed by atoms with Crippen LogP contribution >= 0.6 is 0 Å². The summed E-state index contributed by atoms with van der Waals surface area (Å²) in [5, 5.41) is 0. The number of aromatic nitrogens is 2. The molecule has 0 bridgehead atoms. The number of ether oxygens (including phenoxy) is 2. The van der Waals surface area contributed by atoms with Gasteiger partial charge in [-0.15, -0.1) is 0 Å². The fourth-order valence-electron chi connectivity index (χ4n) is 2.96. The predicted molar refractivity (Wildman–Crippen MR) is 88.4 cm³/mol. The molecule has 1 atom stereocenters. The van der Waals surface area contributed by atoms with E-state index >= 15 is 0 Å². The van der Waals surface area contributed by atoms with Crippen LogP contribution in [0.5, 0.6) is 5.75 Å². The van der Waals surface area contributed by atoms with E-state index in [-0.39, 0.29) is 11.9 Å². The minimum absolute atomic E-state index is 0.111. The normalized spacial score (nSPS) is 18.6. The Labute approximate surface area is 141 Å². The first-order valence-electron chi connectivity index (χ1n) is 8.03. The highest BCUT2D eigenvalue weighted by atomic mass is 19.1. The van der Waals surface area contributed by atoms with Gasteiger partial charge in [0.15, 0.2) is 0 Å². The SMILES string of the molecule is COc1ccc(CN2CCOC(c3cc(C)nc(C)n3)C2)c(F)c1. The minimum atomic E-state index is -0.244. The quantitative estimate of drug-likeness (QED) is 0.862. The molecule has 128 valence electrons. The fraction of sp³-hybridized carbons (Fsp3) is 0.444. The first kappa shape index (κ1) is 16.8. The summed E-state index contributed by atoms with van der Waals surface area (Å²) in [5.41, 5.74) is 2.48. The van der Waals surface area contributed by atoms with Crippen molar-refractivity contribution < 1.29 is 13.9 Å². The first-order valence-corrected chi connectivity index (χ1v) is 8.03. The summed E-state index contributed by atoms with van der Waals surface area (Å²) < 4.78 is 25.1. The average Bonchev–Trinajstić information content (AvgIpc) is 2.56. The molecular formula is C18H22FN3O2. The van der Waals surface area contributed by atoms with Crippen molar-refractivity contribution in [1.29, 1.82) is 0 Å². The van der Waals surface area contributed by atoms with E-state index in [4.69, 9.17) is 9.47 Å². The zero-order chi connectivity index (χ0) is 17.1. The highest BCUT2D eigenvalue weighted by molar-refractivity contribution is 5.29. The molecule has 2 aromatic rings. The molecular weight excluding hydrogens is 309 g/mol. The molecule has 0 spiro atoms. The zero-order valence-electron chi connectivity index (χ0n) is 14.3. The van der Waals surface area contributed by atoms with Gasteiger partial charge in [-0.1, -0.05) is 6.07 Å². The Balaban J connectivity index is 1.71. The predicted octanol–water partition coefficient (Wildman–Crippen LogP) is 2.81. The van der Waals surface area contributed by atoms with Gasteiger partial charge in [0.1, 0.15) is 23.5 Å². The molecule has 5 nitrogen and oxygen atoms in total. The van der Waals surface area contributed by atoms with Crippen molar-refractivity contribution in [3.05, 3.63) is 52.9 Å². The molecule has 0 saturated carbocycles. The summed E-state index contributed by atoms with van der Waals surface area (Å²) in [6, 6.07) is 6.94. The molecule has 24 heavy (non-hydrogen) atoms. The van der Waals surface area contributed by atoms with Crippen molar-refractivity contribution in [2.75, 3.05) is 26.8 Å². The van der Waals surface area contributed by atoms with E-state index in [1.807, 2.05) is 19.9 Å². The third kappa shape index (κ3) is 3.88. The van der Waals surface area contributed by atoms with Gasteiger partial charge in [0.2, 0.25) is 0 Å². The van der Waals surface area contributed by atoms with E-state index in [1.165, 1.54) is 13.2 Å². The maximum atomic E-state index is 14.2. The largest absolute Gasteiger partial charge is 0.497 e. The van der Waals surface area contributed by atoms with E-state index in [0.717, 1.165) is 23.8 Å². The smallest absolute Gasteiger partial charge is 0.131 e. The Morgan fingerprint density at radius 1 is 1.29 bits per heavy atom. The molecule has 1 unspecified atom stereocenters. The maximum Gasteiger partial charge on any atom is 0.131 e. The lowest BCUT2D eigenvalue weighted by Gasteiger charge is -2.32. The van der Waals surface area contributed by atoms with Crippen LogP contribution in [0.25, 0.3) is 0 Å². The van der Waals surface area contributed by atoms with E-state index in [1.54, 1.807) is 12.1 Å². The van der Waals surface area contributed by atoms with Crippen LogP contribution in [0.4, 0.5) is 4.39 Å². The molecule has 1 aromatic carbocycles. The van der Waals surface area contributed by atoms with Crippen molar-refractivity contribution >= 4 is 0 Å². The summed E-state index contributed by atoms with van der Waals surface area (Å²) in [7, 11) is 1.53. The van der Waals surface area contributed by atoms with Crippen LogP contribution in [-0.4, -0.2) is 41.7 Å². The Kier molecular flexibility index (Phi) is 5.06. The van der Waals surface area contributed by atoms with Gasteiger partial charge >= 0.3 is 0 Å². The number of hydrogen-bond donors (Lipinski definition) is 0. The van der Waals surface area contributed by atoms with Crippen molar-refractivity contribution in [3.8, 4) is 5.75 Å². The molecule has 1 aliphatic heterocycles. The highest BCUT2D eigenvalue weighted by Crippen LogP contribution is 2.24. The van der Waals surface area contributed by atoms with Gasteiger partial charge in [0, 0.05) is 37.0 Å². The zero-order valence-corrected chi connectivity index (χ0v) is 14.3.